The number of hydrogen-bond donors (Lipinski definition) is 2. The van der Waals surface area contributed by atoms with Gasteiger partial charge in [0, 0.05) is 11.7 Å². The van der Waals surface area contributed by atoms with Gasteiger partial charge in [0.25, 0.3) is 5.91 Å². The maximum absolute atomic E-state index is 11.7. The molecule has 1 atom stereocenters. The number of nitrogens with two attached hydrogens (primary N) is 1. The number of benzene rings is 1. The highest BCUT2D eigenvalue weighted by molar-refractivity contribution is 5.77. The summed E-state index contributed by atoms with van der Waals surface area (Å²) in [5.41, 5.74) is 6.25. The zero-order chi connectivity index (χ0) is 12.8. The first kappa shape index (κ1) is 12.5. The van der Waals surface area contributed by atoms with Crippen LogP contribution in [-0.4, -0.2) is 18.6 Å². The second-order valence-electron chi connectivity index (χ2n) is 4.41. The first-order chi connectivity index (χ1) is 8.74. The maximum Gasteiger partial charge on any atom is 0.258 e. The number of carbonyl (C=O) groups excluding carboxylic acids is 1. The molecule has 18 heavy (non-hydrogen) atoms. The van der Waals surface area contributed by atoms with Crippen LogP contribution in [0.4, 0.5) is 5.69 Å². The number of ether oxygens (including phenoxy) is 1. The van der Waals surface area contributed by atoms with Gasteiger partial charge in [-0.05, 0) is 43.5 Å². The molecule has 1 amide bonds. The monoisotopic (exact) mass is 246 g/mol. The number of rotatable bonds is 4. The zero-order valence-corrected chi connectivity index (χ0v) is 10.3. The number of amides is 1. The largest absolute Gasteiger partial charge is 0.484 e. The molecule has 96 valence electrons. The van der Waals surface area contributed by atoms with Crippen molar-refractivity contribution in [3.8, 4) is 5.75 Å². The van der Waals surface area contributed by atoms with E-state index in [0.29, 0.717) is 11.4 Å². The molecule has 1 aromatic rings. The number of hydrogen-bond acceptors (Lipinski definition) is 3. The molecule has 0 heterocycles. The standard InChI is InChI=1S/C14H18N2O2/c15-11-6-8-13(9-7-11)18-10-14(17)16-12-4-2-1-3-5-12/h1-2,6-9,12H,3-5,10,15H2,(H,16,17). The van der Waals surface area contributed by atoms with Crippen LogP contribution in [0.25, 0.3) is 0 Å². The topological polar surface area (TPSA) is 64.3 Å². The van der Waals surface area contributed by atoms with Crippen LogP contribution in [0.2, 0.25) is 0 Å². The van der Waals surface area contributed by atoms with Crippen molar-refractivity contribution in [1.82, 2.24) is 5.32 Å². The normalized spacial score (nSPS) is 18.3. The van der Waals surface area contributed by atoms with E-state index in [1.165, 1.54) is 0 Å². The van der Waals surface area contributed by atoms with E-state index in [-0.39, 0.29) is 18.6 Å². The van der Waals surface area contributed by atoms with Gasteiger partial charge in [0.05, 0.1) is 0 Å². The van der Waals surface area contributed by atoms with Gasteiger partial charge in [-0.1, -0.05) is 12.2 Å². The zero-order valence-electron chi connectivity index (χ0n) is 10.3. The summed E-state index contributed by atoms with van der Waals surface area (Å²) in [6, 6.07) is 7.26. The number of nitrogen functional groups attached to an aromatic ring is 1. The third-order valence-corrected chi connectivity index (χ3v) is 2.88. The Morgan fingerprint density at radius 1 is 1.33 bits per heavy atom. The van der Waals surface area contributed by atoms with Gasteiger partial charge in [-0.15, -0.1) is 0 Å². The molecule has 1 aliphatic rings. The average molecular weight is 246 g/mol. The summed E-state index contributed by atoms with van der Waals surface area (Å²) in [7, 11) is 0. The summed E-state index contributed by atoms with van der Waals surface area (Å²) in [6.07, 6.45) is 7.20. The first-order valence-electron chi connectivity index (χ1n) is 6.17. The Kier molecular flexibility index (Phi) is 4.23. The van der Waals surface area contributed by atoms with Crippen LogP contribution < -0.4 is 15.8 Å². The lowest BCUT2D eigenvalue weighted by molar-refractivity contribution is -0.123. The summed E-state index contributed by atoms with van der Waals surface area (Å²) in [5.74, 6) is 0.579. The highest BCUT2D eigenvalue weighted by Crippen LogP contribution is 2.13. The van der Waals surface area contributed by atoms with Gasteiger partial charge in [0.2, 0.25) is 0 Å². The minimum Gasteiger partial charge on any atom is -0.484 e. The fraction of sp³-hybridized carbons (Fsp3) is 0.357. The summed E-state index contributed by atoms with van der Waals surface area (Å²) in [6.45, 7) is 0.0458. The van der Waals surface area contributed by atoms with Crippen molar-refractivity contribution in [2.45, 2.75) is 25.3 Å². The molecule has 0 spiro atoms. The van der Waals surface area contributed by atoms with Gasteiger partial charge in [-0.2, -0.15) is 0 Å². The van der Waals surface area contributed by atoms with Crippen molar-refractivity contribution in [1.29, 1.82) is 0 Å². The van der Waals surface area contributed by atoms with E-state index >= 15 is 0 Å². The Labute approximate surface area is 107 Å². The first-order valence-corrected chi connectivity index (χ1v) is 6.17. The van der Waals surface area contributed by atoms with E-state index in [1.54, 1.807) is 24.3 Å². The van der Waals surface area contributed by atoms with E-state index in [4.69, 9.17) is 10.5 Å². The van der Waals surface area contributed by atoms with Gasteiger partial charge in [0.15, 0.2) is 6.61 Å². The Morgan fingerprint density at radius 2 is 2.11 bits per heavy atom. The summed E-state index contributed by atoms with van der Waals surface area (Å²) >= 11 is 0. The fourth-order valence-corrected chi connectivity index (χ4v) is 1.91. The van der Waals surface area contributed by atoms with Crippen LogP contribution in [0.15, 0.2) is 36.4 Å². The molecule has 1 aromatic carbocycles. The van der Waals surface area contributed by atoms with E-state index in [1.807, 2.05) is 0 Å². The van der Waals surface area contributed by atoms with Crippen molar-refractivity contribution < 1.29 is 9.53 Å². The minimum atomic E-state index is -0.0767. The lowest BCUT2D eigenvalue weighted by Crippen LogP contribution is -2.38. The Bertz CT molecular complexity index is 426. The minimum absolute atomic E-state index is 0.0458. The Morgan fingerprint density at radius 3 is 2.78 bits per heavy atom. The third-order valence-electron chi connectivity index (χ3n) is 2.88. The summed E-state index contributed by atoms with van der Waals surface area (Å²) in [4.78, 5) is 11.7. The van der Waals surface area contributed by atoms with Crippen LogP contribution in [0.1, 0.15) is 19.3 Å². The quantitative estimate of drug-likeness (QED) is 0.629. The molecule has 0 fully saturated rings. The van der Waals surface area contributed by atoms with Gasteiger partial charge < -0.3 is 15.8 Å². The fourth-order valence-electron chi connectivity index (χ4n) is 1.91. The predicted octanol–water partition coefficient (Wildman–Crippen LogP) is 1.87. The van der Waals surface area contributed by atoms with Crippen molar-refractivity contribution in [3.05, 3.63) is 36.4 Å². The van der Waals surface area contributed by atoms with Crippen LogP contribution in [0.3, 0.4) is 0 Å². The van der Waals surface area contributed by atoms with Crippen LogP contribution in [0.5, 0.6) is 5.75 Å². The van der Waals surface area contributed by atoms with Gasteiger partial charge >= 0.3 is 0 Å². The van der Waals surface area contributed by atoms with E-state index < -0.39 is 0 Å². The van der Waals surface area contributed by atoms with E-state index in [9.17, 15) is 4.79 Å². The maximum atomic E-state index is 11.7. The van der Waals surface area contributed by atoms with Gasteiger partial charge in [-0.3, -0.25) is 4.79 Å². The van der Waals surface area contributed by atoms with Crippen molar-refractivity contribution in [3.63, 3.8) is 0 Å². The van der Waals surface area contributed by atoms with Crippen LogP contribution in [-0.2, 0) is 4.79 Å². The molecule has 0 saturated heterocycles. The molecule has 0 saturated carbocycles. The lowest BCUT2D eigenvalue weighted by atomic mass is 10.0. The molecule has 4 nitrogen and oxygen atoms in total. The molecular weight excluding hydrogens is 228 g/mol. The van der Waals surface area contributed by atoms with Crippen molar-refractivity contribution in [2.24, 2.45) is 0 Å². The van der Waals surface area contributed by atoms with Gasteiger partial charge in [-0.25, -0.2) is 0 Å². The van der Waals surface area contributed by atoms with Crippen LogP contribution in [0, 0.1) is 0 Å². The second-order valence-corrected chi connectivity index (χ2v) is 4.41. The Balaban J connectivity index is 1.74. The molecule has 2 rings (SSSR count). The summed E-state index contributed by atoms with van der Waals surface area (Å²) in [5, 5.41) is 2.96. The van der Waals surface area contributed by atoms with Crippen molar-refractivity contribution >= 4 is 11.6 Å². The van der Waals surface area contributed by atoms with E-state index in [0.717, 1.165) is 19.3 Å². The molecule has 0 radical (unpaired) electrons. The van der Waals surface area contributed by atoms with Gasteiger partial charge in [0.1, 0.15) is 5.75 Å². The molecule has 0 aliphatic heterocycles. The SMILES string of the molecule is Nc1ccc(OCC(=O)NC2CC=CCC2)cc1. The molecule has 1 unspecified atom stereocenters. The van der Waals surface area contributed by atoms with E-state index in [2.05, 4.69) is 17.5 Å². The lowest BCUT2D eigenvalue weighted by Gasteiger charge is -2.19. The molecule has 1 aliphatic carbocycles. The molecule has 4 heteroatoms. The predicted molar refractivity (Wildman–Crippen MR) is 71.3 cm³/mol. The number of nitrogens with one attached hydrogen (secondary N) is 1. The second kappa shape index (κ2) is 6.10. The molecule has 0 bridgehead atoms. The highest BCUT2D eigenvalue weighted by Gasteiger charge is 2.12. The molecule has 0 aromatic heterocycles. The Hall–Kier alpha value is -1.97. The highest BCUT2D eigenvalue weighted by atomic mass is 16.5. The number of carbonyl (C=O) groups is 1. The number of allylic oxidation sites excluding steroid dienone is 1. The number of anilines is 1. The third kappa shape index (κ3) is 3.80. The van der Waals surface area contributed by atoms with Crippen molar-refractivity contribution in [2.75, 3.05) is 12.3 Å². The van der Waals surface area contributed by atoms with Crippen LogP contribution >= 0.6 is 0 Å². The molecular formula is C14H18N2O2. The smallest absolute Gasteiger partial charge is 0.258 e. The average Bonchev–Trinajstić information content (AvgIpc) is 2.39. The molecule has 3 N–H and O–H groups in total. The summed E-state index contributed by atoms with van der Waals surface area (Å²) < 4.78 is 5.38.